The molecule has 5 heteroatoms. The first kappa shape index (κ1) is 11.7. The number of hydrogen-bond donors (Lipinski definition) is 0. The van der Waals surface area contributed by atoms with Gasteiger partial charge in [-0.1, -0.05) is 0 Å². The molecule has 0 aliphatic heterocycles. The van der Waals surface area contributed by atoms with Crippen molar-refractivity contribution in [3.05, 3.63) is 35.1 Å². The van der Waals surface area contributed by atoms with Crippen molar-refractivity contribution in [3.8, 4) is 0 Å². The lowest BCUT2D eigenvalue weighted by Crippen LogP contribution is -1.96. The minimum Gasteiger partial charge on any atom is -0.207 e. The van der Waals surface area contributed by atoms with Crippen LogP contribution in [0.25, 0.3) is 0 Å². The second-order valence-electron chi connectivity index (χ2n) is 3.36. The molecule has 0 aromatic heterocycles. The van der Waals surface area contributed by atoms with Gasteiger partial charge in [0, 0.05) is 17.7 Å². The van der Waals surface area contributed by atoms with Crippen LogP contribution in [0, 0.1) is 17.5 Å². The number of rotatable bonds is 3. The van der Waals surface area contributed by atoms with Crippen molar-refractivity contribution in [2.24, 2.45) is 10.2 Å². The molecule has 0 spiro atoms. The van der Waals surface area contributed by atoms with Crippen LogP contribution in [0.4, 0.5) is 13.2 Å². The van der Waals surface area contributed by atoms with E-state index < -0.39 is 17.5 Å². The Hall–Kier alpha value is -1.39. The average Bonchev–Trinajstić information content (AvgIpc) is 2.08. The fourth-order valence-corrected chi connectivity index (χ4v) is 0.998. The predicted octanol–water partition coefficient (Wildman–Crippen LogP) is 3.46. The molecule has 0 heterocycles. The van der Waals surface area contributed by atoms with Crippen LogP contribution in [-0.4, -0.2) is 6.04 Å². The number of azo groups is 1. The van der Waals surface area contributed by atoms with Crippen molar-refractivity contribution in [2.45, 2.75) is 26.4 Å². The van der Waals surface area contributed by atoms with Crippen LogP contribution < -0.4 is 0 Å². The van der Waals surface area contributed by atoms with Gasteiger partial charge >= 0.3 is 0 Å². The molecular formula is C10H11F3N2. The molecule has 1 aromatic carbocycles. The normalized spacial score (nSPS) is 11.6. The molecule has 0 N–H and O–H groups in total. The Kier molecular flexibility index (Phi) is 3.82. The summed E-state index contributed by atoms with van der Waals surface area (Å²) in [6, 6.07) is 1.23. The van der Waals surface area contributed by atoms with Crippen LogP contribution in [0.3, 0.4) is 0 Å². The Morgan fingerprint density at radius 2 is 1.67 bits per heavy atom. The van der Waals surface area contributed by atoms with E-state index in [1.807, 2.05) is 0 Å². The van der Waals surface area contributed by atoms with Gasteiger partial charge in [0.05, 0.1) is 12.6 Å². The summed E-state index contributed by atoms with van der Waals surface area (Å²) in [6.07, 6.45) is 0. The first-order chi connectivity index (χ1) is 7.00. The van der Waals surface area contributed by atoms with E-state index in [1.54, 1.807) is 13.8 Å². The van der Waals surface area contributed by atoms with Gasteiger partial charge in [-0.15, -0.1) is 0 Å². The standard InChI is InChI=1S/C10H11F3N2/c1-6(2)15-14-5-8-9(12)3-7(11)4-10(8)13/h3-4,6H,5H2,1-2H3. The third-order valence-electron chi connectivity index (χ3n) is 1.65. The van der Waals surface area contributed by atoms with Gasteiger partial charge in [-0.3, -0.25) is 0 Å². The number of benzene rings is 1. The highest BCUT2D eigenvalue weighted by molar-refractivity contribution is 5.20. The van der Waals surface area contributed by atoms with Gasteiger partial charge in [0.15, 0.2) is 0 Å². The third-order valence-corrected chi connectivity index (χ3v) is 1.65. The fraction of sp³-hybridized carbons (Fsp3) is 0.400. The van der Waals surface area contributed by atoms with E-state index in [-0.39, 0.29) is 18.2 Å². The zero-order chi connectivity index (χ0) is 11.4. The fourth-order valence-electron chi connectivity index (χ4n) is 0.998. The predicted molar refractivity (Wildman–Crippen MR) is 50.0 cm³/mol. The van der Waals surface area contributed by atoms with E-state index >= 15 is 0 Å². The van der Waals surface area contributed by atoms with Crippen molar-refractivity contribution < 1.29 is 13.2 Å². The van der Waals surface area contributed by atoms with Crippen molar-refractivity contribution >= 4 is 0 Å². The molecule has 0 atom stereocenters. The van der Waals surface area contributed by atoms with E-state index in [2.05, 4.69) is 10.2 Å². The Morgan fingerprint density at radius 3 is 2.13 bits per heavy atom. The first-order valence-electron chi connectivity index (χ1n) is 4.50. The largest absolute Gasteiger partial charge is 0.207 e. The molecule has 0 aliphatic rings. The summed E-state index contributed by atoms with van der Waals surface area (Å²) in [7, 11) is 0. The molecule has 82 valence electrons. The minimum absolute atomic E-state index is 0.0310. The molecule has 2 nitrogen and oxygen atoms in total. The van der Waals surface area contributed by atoms with Crippen molar-refractivity contribution in [1.82, 2.24) is 0 Å². The summed E-state index contributed by atoms with van der Waals surface area (Å²) < 4.78 is 38.6. The Balaban J connectivity index is 2.86. The van der Waals surface area contributed by atoms with E-state index in [0.717, 1.165) is 0 Å². The van der Waals surface area contributed by atoms with Crippen LogP contribution in [0.1, 0.15) is 19.4 Å². The van der Waals surface area contributed by atoms with Gasteiger partial charge in [-0.05, 0) is 13.8 Å². The quantitative estimate of drug-likeness (QED) is 0.691. The zero-order valence-electron chi connectivity index (χ0n) is 8.47. The maximum Gasteiger partial charge on any atom is 0.134 e. The maximum atomic E-state index is 13.1. The Morgan fingerprint density at radius 1 is 1.13 bits per heavy atom. The van der Waals surface area contributed by atoms with Gasteiger partial charge in [0.25, 0.3) is 0 Å². The summed E-state index contributed by atoms with van der Waals surface area (Å²) in [6.45, 7) is 3.37. The summed E-state index contributed by atoms with van der Waals surface area (Å²) in [5.41, 5.74) is -0.263. The molecule has 15 heavy (non-hydrogen) atoms. The monoisotopic (exact) mass is 216 g/mol. The highest BCUT2D eigenvalue weighted by Crippen LogP contribution is 2.15. The van der Waals surface area contributed by atoms with Crippen LogP contribution in [0.2, 0.25) is 0 Å². The van der Waals surface area contributed by atoms with E-state index in [1.165, 1.54) is 0 Å². The van der Waals surface area contributed by atoms with Crippen LogP contribution in [0.15, 0.2) is 22.4 Å². The molecule has 0 aliphatic carbocycles. The molecule has 0 unspecified atom stereocenters. The highest BCUT2D eigenvalue weighted by Gasteiger charge is 2.10. The number of hydrogen-bond acceptors (Lipinski definition) is 2. The van der Waals surface area contributed by atoms with Crippen molar-refractivity contribution in [2.75, 3.05) is 0 Å². The van der Waals surface area contributed by atoms with Gasteiger partial charge in [-0.2, -0.15) is 10.2 Å². The molecule has 0 radical (unpaired) electrons. The molecular weight excluding hydrogens is 205 g/mol. The van der Waals surface area contributed by atoms with Crippen LogP contribution >= 0.6 is 0 Å². The molecule has 0 fully saturated rings. The van der Waals surface area contributed by atoms with Gasteiger partial charge in [-0.25, -0.2) is 13.2 Å². The number of halogens is 3. The zero-order valence-corrected chi connectivity index (χ0v) is 8.47. The third kappa shape index (κ3) is 3.34. The second-order valence-corrected chi connectivity index (χ2v) is 3.36. The average molecular weight is 216 g/mol. The lowest BCUT2D eigenvalue weighted by molar-refractivity contribution is 0.521. The Bertz CT molecular complexity index is 352. The SMILES string of the molecule is CC(C)N=NCc1c(F)cc(F)cc1F. The molecule has 1 aromatic rings. The highest BCUT2D eigenvalue weighted by atomic mass is 19.1. The van der Waals surface area contributed by atoms with Gasteiger partial charge in [0.2, 0.25) is 0 Å². The number of nitrogens with zero attached hydrogens (tertiary/aromatic N) is 2. The summed E-state index contributed by atoms with van der Waals surface area (Å²) in [4.78, 5) is 0. The molecule has 0 saturated carbocycles. The van der Waals surface area contributed by atoms with Crippen LogP contribution in [-0.2, 0) is 6.54 Å². The second kappa shape index (κ2) is 4.91. The molecule has 1 rings (SSSR count). The minimum atomic E-state index is -0.936. The summed E-state index contributed by atoms with van der Waals surface area (Å²) in [5.74, 6) is -2.81. The van der Waals surface area contributed by atoms with E-state index in [0.29, 0.717) is 12.1 Å². The summed E-state index contributed by atoms with van der Waals surface area (Å²) >= 11 is 0. The lowest BCUT2D eigenvalue weighted by Gasteiger charge is -2.01. The smallest absolute Gasteiger partial charge is 0.134 e. The summed E-state index contributed by atoms with van der Waals surface area (Å²) in [5, 5.41) is 7.34. The Labute approximate surface area is 85.8 Å². The molecule has 0 amide bonds. The van der Waals surface area contributed by atoms with Crippen LogP contribution in [0.5, 0.6) is 0 Å². The van der Waals surface area contributed by atoms with Gasteiger partial charge < -0.3 is 0 Å². The van der Waals surface area contributed by atoms with Crippen molar-refractivity contribution in [1.29, 1.82) is 0 Å². The molecule has 0 saturated heterocycles. The topological polar surface area (TPSA) is 24.7 Å². The van der Waals surface area contributed by atoms with E-state index in [4.69, 9.17) is 0 Å². The van der Waals surface area contributed by atoms with Crippen molar-refractivity contribution in [3.63, 3.8) is 0 Å². The lowest BCUT2D eigenvalue weighted by atomic mass is 10.2. The molecule has 0 bridgehead atoms. The van der Waals surface area contributed by atoms with E-state index in [9.17, 15) is 13.2 Å². The first-order valence-corrected chi connectivity index (χ1v) is 4.50. The van der Waals surface area contributed by atoms with Gasteiger partial charge in [0.1, 0.15) is 17.5 Å². The maximum absolute atomic E-state index is 13.1.